The molecule has 0 radical (unpaired) electrons. The summed E-state index contributed by atoms with van der Waals surface area (Å²) in [4.78, 5) is 24.4. The summed E-state index contributed by atoms with van der Waals surface area (Å²) in [5.41, 5.74) is 0. The van der Waals surface area contributed by atoms with Crippen LogP contribution in [0.4, 0.5) is 0 Å². The summed E-state index contributed by atoms with van der Waals surface area (Å²) in [5, 5.41) is 11.5. The molecule has 1 heterocycles. The fourth-order valence-electron chi connectivity index (χ4n) is 1.64. The van der Waals surface area contributed by atoms with E-state index < -0.39 is 11.9 Å². The summed E-state index contributed by atoms with van der Waals surface area (Å²) in [6.45, 7) is 2.51. The number of aryl methyl sites for hydroxylation is 1. The molecule has 1 fully saturated rings. The molecule has 16 heavy (non-hydrogen) atoms. The molecule has 5 heteroatoms. The van der Waals surface area contributed by atoms with Gasteiger partial charge in [0, 0.05) is 9.75 Å². The van der Waals surface area contributed by atoms with Crippen molar-refractivity contribution in [2.45, 2.75) is 19.9 Å². The molecule has 1 aliphatic rings. The van der Waals surface area contributed by atoms with E-state index in [2.05, 4.69) is 5.32 Å². The molecule has 1 aromatic rings. The lowest BCUT2D eigenvalue weighted by atomic mass is 10.3. The van der Waals surface area contributed by atoms with Gasteiger partial charge >= 0.3 is 5.97 Å². The van der Waals surface area contributed by atoms with Crippen molar-refractivity contribution in [2.24, 2.45) is 11.8 Å². The van der Waals surface area contributed by atoms with Crippen LogP contribution in [0.1, 0.15) is 16.2 Å². The van der Waals surface area contributed by atoms with Crippen molar-refractivity contribution in [2.75, 3.05) is 0 Å². The molecule has 2 N–H and O–H groups in total. The lowest BCUT2D eigenvalue weighted by Gasteiger charge is -2.01. The minimum Gasteiger partial charge on any atom is -0.481 e. The smallest absolute Gasteiger partial charge is 0.307 e. The zero-order chi connectivity index (χ0) is 11.7. The second-order valence-corrected chi connectivity index (χ2v) is 5.39. The molecule has 1 aliphatic carbocycles. The third kappa shape index (κ3) is 2.41. The molecule has 1 aromatic heterocycles. The van der Waals surface area contributed by atoms with Crippen molar-refractivity contribution >= 4 is 23.2 Å². The fraction of sp³-hybridized carbons (Fsp3) is 0.455. The van der Waals surface area contributed by atoms with Crippen LogP contribution in [-0.4, -0.2) is 17.0 Å². The maximum absolute atomic E-state index is 11.5. The molecule has 2 atom stereocenters. The number of carbonyl (C=O) groups excluding carboxylic acids is 1. The molecule has 0 aliphatic heterocycles. The molecule has 0 saturated heterocycles. The number of thiophene rings is 1. The Balaban J connectivity index is 1.79. The highest BCUT2D eigenvalue weighted by Crippen LogP contribution is 2.38. The van der Waals surface area contributed by atoms with Gasteiger partial charge in [-0.3, -0.25) is 9.59 Å². The summed E-state index contributed by atoms with van der Waals surface area (Å²) in [5.74, 6) is -1.80. The van der Waals surface area contributed by atoms with E-state index in [1.165, 1.54) is 4.88 Å². The van der Waals surface area contributed by atoms with E-state index in [9.17, 15) is 9.59 Å². The largest absolute Gasteiger partial charge is 0.481 e. The SMILES string of the molecule is Cc1ccc(CNC(=O)[C@@H]2C[C@@H]2C(=O)O)s1. The normalized spacial score (nSPS) is 22.8. The number of carbonyl (C=O) groups is 2. The van der Waals surface area contributed by atoms with Gasteiger partial charge in [0.15, 0.2) is 0 Å². The molecule has 0 unspecified atom stereocenters. The van der Waals surface area contributed by atoms with Gasteiger partial charge in [0.1, 0.15) is 0 Å². The molecule has 4 nitrogen and oxygen atoms in total. The van der Waals surface area contributed by atoms with E-state index in [0.29, 0.717) is 13.0 Å². The first-order chi connectivity index (χ1) is 7.58. The molecule has 86 valence electrons. The third-order valence-corrected chi connectivity index (χ3v) is 3.68. The number of aliphatic carboxylic acids is 1. The summed E-state index contributed by atoms with van der Waals surface area (Å²) < 4.78 is 0. The average molecular weight is 239 g/mol. The van der Waals surface area contributed by atoms with Crippen molar-refractivity contribution in [1.82, 2.24) is 5.32 Å². The molecule has 1 saturated carbocycles. The molecular formula is C11H13NO3S. The average Bonchev–Trinajstić information content (AvgIpc) is 2.93. The van der Waals surface area contributed by atoms with Crippen LogP contribution in [0.15, 0.2) is 12.1 Å². The monoisotopic (exact) mass is 239 g/mol. The van der Waals surface area contributed by atoms with E-state index in [-0.39, 0.29) is 11.8 Å². The van der Waals surface area contributed by atoms with Crippen molar-refractivity contribution in [3.8, 4) is 0 Å². The summed E-state index contributed by atoms with van der Waals surface area (Å²) in [6.07, 6.45) is 0.477. The Hall–Kier alpha value is -1.36. The number of amides is 1. The third-order valence-electron chi connectivity index (χ3n) is 2.68. The molecule has 0 aromatic carbocycles. The van der Waals surface area contributed by atoms with Gasteiger partial charge in [0.2, 0.25) is 5.91 Å². The number of carboxylic acids is 1. The van der Waals surface area contributed by atoms with E-state index in [0.717, 1.165) is 4.88 Å². The van der Waals surface area contributed by atoms with E-state index in [4.69, 9.17) is 5.11 Å². The second kappa shape index (κ2) is 4.25. The summed E-state index contributed by atoms with van der Waals surface area (Å²) >= 11 is 1.64. The molecular weight excluding hydrogens is 226 g/mol. The zero-order valence-electron chi connectivity index (χ0n) is 8.90. The van der Waals surface area contributed by atoms with E-state index in [1.807, 2.05) is 19.1 Å². The minimum absolute atomic E-state index is 0.140. The summed E-state index contributed by atoms with van der Waals surface area (Å²) in [7, 11) is 0. The van der Waals surface area contributed by atoms with Crippen molar-refractivity contribution in [3.05, 3.63) is 21.9 Å². The highest BCUT2D eigenvalue weighted by atomic mass is 32.1. The number of hydrogen-bond acceptors (Lipinski definition) is 3. The highest BCUT2D eigenvalue weighted by Gasteiger charge is 2.48. The minimum atomic E-state index is -0.868. The van der Waals surface area contributed by atoms with Crippen LogP contribution in [0.3, 0.4) is 0 Å². The molecule has 0 spiro atoms. The van der Waals surface area contributed by atoms with Gasteiger partial charge in [0.25, 0.3) is 0 Å². The lowest BCUT2D eigenvalue weighted by Crippen LogP contribution is -2.25. The number of hydrogen-bond donors (Lipinski definition) is 2. The number of rotatable bonds is 4. The van der Waals surface area contributed by atoms with Gasteiger partial charge < -0.3 is 10.4 Å². The number of nitrogens with one attached hydrogen (secondary N) is 1. The summed E-state index contributed by atoms with van der Waals surface area (Å²) in [6, 6.07) is 3.98. The van der Waals surface area contributed by atoms with Gasteiger partial charge in [-0.15, -0.1) is 11.3 Å². The predicted octanol–water partition coefficient (Wildman–Crippen LogP) is 1.39. The van der Waals surface area contributed by atoms with E-state index >= 15 is 0 Å². The Morgan fingerprint density at radius 1 is 1.50 bits per heavy atom. The van der Waals surface area contributed by atoms with E-state index in [1.54, 1.807) is 11.3 Å². The maximum Gasteiger partial charge on any atom is 0.307 e. The topological polar surface area (TPSA) is 66.4 Å². The maximum atomic E-state index is 11.5. The zero-order valence-corrected chi connectivity index (χ0v) is 9.71. The molecule has 1 amide bonds. The first kappa shape index (κ1) is 11.1. The van der Waals surface area contributed by atoms with Crippen LogP contribution >= 0.6 is 11.3 Å². The van der Waals surface area contributed by atoms with Gasteiger partial charge in [0.05, 0.1) is 18.4 Å². The lowest BCUT2D eigenvalue weighted by molar-refractivity contribution is -0.140. The van der Waals surface area contributed by atoms with Crippen molar-refractivity contribution in [3.63, 3.8) is 0 Å². The van der Waals surface area contributed by atoms with Crippen LogP contribution in [-0.2, 0) is 16.1 Å². The van der Waals surface area contributed by atoms with Crippen LogP contribution in [0.25, 0.3) is 0 Å². The Kier molecular flexibility index (Phi) is 2.96. The van der Waals surface area contributed by atoms with Gasteiger partial charge in [-0.1, -0.05) is 0 Å². The van der Waals surface area contributed by atoms with Crippen LogP contribution in [0, 0.1) is 18.8 Å². The van der Waals surface area contributed by atoms with Crippen LogP contribution in [0.2, 0.25) is 0 Å². The standard InChI is InChI=1S/C11H13NO3S/c1-6-2-3-7(16-6)5-12-10(13)8-4-9(8)11(14)15/h2-3,8-9H,4-5H2,1H3,(H,12,13)(H,14,15)/t8-,9+/m1/s1. The van der Waals surface area contributed by atoms with Crippen LogP contribution in [0.5, 0.6) is 0 Å². The Morgan fingerprint density at radius 2 is 2.25 bits per heavy atom. The second-order valence-electron chi connectivity index (χ2n) is 4.02. The Morgan fingerprint density at radius 3 is 2.75 bits per heavy atom. The molecule has 2 rings (SSSR count). The Labute approximate surface area is 97.3 Å². The van der Waals surface area contributed by atoms with Crippen LogP contribution < -0.4 is 5.32 Å². The van der Waals surface area contributed by atoms with Gasteiger partial charge in [-0.25, -0.2) is 0 Å². The van der Waals surface area contributed by atoms with Gasteiger partial charge in [-0.05, 0) is 25.5 Å². The van der Waals surface area contributed by atoms with Crippen molar-refractivity contribution < 1.29 is 14.7 Å². The fourth-order valence-corrected chi connectivity index (χ4v) is 2.47. The predicted molar refractivity (Wildman–Crippen MR) is 60.1 cm³/mol. The Bertz CT molecular complexity index is 427. The first-order valence-corrected chi connectivity index (χ1v) is 5.95. The van der Waals surface area contributed by atoms with Gasteiger partial charge in [-0.2, -0.15) is 0 Å². The highest BCUT2D eigenvalue weighted by molar-refractivity contribution is 7.11. The van der Waals surface area contributed by atoms with Crippen molar-refractivity contribution in [1.29, 1.82) is 0 Å². The number of carboxylic acid groups (broad SMARTS) is 1. The molecule has 0 bridgehead atoms. The quantitative estimate of drug-likeness (QED) is 0.834. The first-order valence-electron chi connectivity index (χ1n) is 5.14.